The van der Waals surface area contributed by atoms with E-state index in [2.05, 4.69) is 41.4 Å². The number of aromatic nitrogens is 2. The summed E-state index contributed by atoms with van der Waals surface area (Å²) in [6.07, 6.45) is 2.67. The molecule has 1 atom stereocenters. The van der Waals surface area contributed by atoms with Crippen molar-refractivity contribution in [1.82, 2.24) is 9.97 Å². The topological polar surface area (TPSA) is 59.1 Å². The SMILES string of the molecule is CCCNc1ncnc(NC(COC)C(C)C)c1C. The largest absolute Gasteiger partial charge is 0.383 e. The molecule has 0 radical (unpaired) electrons. The lowest BCUT2D eigenvalue weighted by atomic mass is 10.1. The first-order chi connectivity index (χ1) is 9.10. The Bertz CT molecular complexity index is 382. The molecule has 5 heteroatoms. The van der Waals surface area contributed by atoms with Crippen LogP contribution in [0.15, 0.2) is 6.33 Å². The molecule has 0 amide bonds. The first kappa shape index (κ1) is 15.7. The summed E-state index contributed by atoms with van der Waals surface area (Å²) in [5.41, 5.74) is 1.05. The summed E-state index contributed by atoms with van der Waals surface area (Å²) < 4.78 is 5.25. The van der Waals surface area contributed by atoms with Gasteiger partial charge in [-0.25, -0.2) is 9.97 Å². The second-order valence-electron chi connectivity index (χ2n) is 5.07. The highest BCUT2D eigenvalue weighted by Crippen LogP contribution is 2.20. The van der Waals surface area contributed by atoms with Gasteiger partial charge in [0.05, 0.1) is 12.6 Å². The molecule has 19 heavy (non-hydrogen) atoms. The Morgan fingerprint density at radius 2 is 1.95 bits per heavy atom. The van der Waals surface area contributed by atoms with Gasteiger partial charge >= 0.3 is 0 Å². The molecule has 1 rings (SSSR count). The molecule has 108 valence electrons. The summed E-state index contributed by atoms with van der Waals surface area (Å²) in [5.74, 6) is 2.25. The van der Waals surface area contributed by atoms with E-state index >= 15 is 0 Å². The first-order valence-corrected chi connectivity index (χ1v) is 6.91. The summed E-state index contributed by atoms with van der Waals surface area (Å²) in [7, 11) is 1.72. The van der Waals surface area contributed by atoms with Crippen LogP contribution in [-0.2, 0) is 4.74 Å². The van der Waals surface area contributed by atoms with E-state index in [4.69, 9.17) is 4.74 Å². The quantitative estimate of drug-likeness (QED) is 0.757. The molecule has 5 nitrogen and oxygen atoms in total. The highest BCUT2D eigenvalue weighted by Gasteiger charge is 2.15. The van der Waals surface area contributed by atoms with Crippen LogP contribution in [0, 0.1) is 12.8 Å². The van der Waals surface area contributed by atoms with Crippen molar-refractivity contribution < 1.29 is 4.74 Å². The number of nitrogens with one attached hydrogen (secondary N) is 2. The smallest absolute Gasteiger partial charge is 0.134 e. The van der Waals surface area contributed by atoms with Crippen LogP contribution in [0.4, 0.5) is 11.6 Å². The highest BCUT2D eigenvalue weighted by molar-refractivity contribution is 5.56. The van der Waals surface area contributed by atoms with Gasteiger partial charge in [-0.1, -0.05) is 20.8 Å². The molecule has 0 aliphatic carbocycles. The third kappa shape index (κ3) is 4.67. The van der Waals surface area contributed by atoms with E-state index in [1.165, 1.54) is 0 Å². The van der Waals surface area contributed by atoms with Crippen molar-refractivity contribution in [3.8, 4) is 0 Å². The predicted octanol–water partition coefficient (Wildman–Crippen LogP) is 2.69. The third-order valence-electron chi connectivity index (χ3n) is 3.10. The van der Waals surface area contributed by atoms with Crippen molar-refractivity contribution in [3.05, 3.63) is 11.9 Å². The molecule has 0 aliphatic heterocycles. The van der Waals surface area contributed by atoms with Crippen LogP contribution in [0.2, 0.25) is 0 Å². The lowest BCUT2D eigenvalue weighted by Gasteiger charge is -2.23. The molecule has 0 saturated heterocycles. The summed E-state index contributed by atoms with van der Waals surface area (Å²) >= 11 is 0. The minimum atomic E-state index is 0.248. The molecular formula is C14H26N4O. The Hall–Kier alpha value is -1.36. The minimum absolute atomic E-state index is 0.248. The number of rotatable bonds is 8. The molecular weight excluding hydrogens is 240 g/mol. The standard InChI is InChI=1S/C14H26N4O/c1-6-7-15-13-11(4)14(17-9-16-13)18-12(8-19-5)10(2)3/h9-10,12H,6-8H2,1-5H3,(H2,15,16,17,18). The Labute approximate surface area is 116 Å². The van der Waals surface area contributed by atoms with Crippen LogP contribution in [0.25, 0.3) is 0 Å². The Morgan fingerprint density at radius 1 is 1.26 bits per heavy atom. The number of hydrogen-bond acceptors (Lipinski definition) is 5. The van der Waals surface area contributed by atoms with Crippen molar-refractivity contribution in [1.29, 1.82) is 0 Å². The maximum Gasteiger partial charge on any atom is 0.134 e. The molecule has 1 aromatic heterocycles. The molecule has 0 bridgehead atoms. The highest BCUT2D eigenvalue weighted by atomic mass is 16.5. The lowest BCUT2D eigenvalue weighted by molar-refractivity contribution is 0.171. The van der Waals surface area contributed by atoms with E-state index in [-0.39, 0.29) is 6.04 Å². The molecule has 0 spiro atoms. The summed E-state index contributed by atoms with van der Waals surface area (Å²) in [4.78, 5) is 8.61. The number of anilines is 2. The molecule has 0 fully saturated rings. The molecule has 0 aliphatic rings. The van der Waals surface area contributed by atoms with Gasteiger partial charge in [0.25, 0.3) is 0 Å². The Balaban J connectivity index is 2.82. The van der Waals surface area contributed by atoms with Crippen LogP contribution < -0.4 is 10.6 Å². The Morgan fingerprint density at radius 3 is 2.53 bits per heavy atom. The van der Waals surface area contributed by atoms with Crippen molar-refractivity contribution in [2.45, 2.75) is 40.2 Å². The van der Waals surface area contributed by atoms with E-state index in [1.54, 1.807) is 13.4 Å². The fourth-order valence-corrected chi connectivity index (χ4v) is 1.77. The molecule has 1 aromatic rings. The summed E-state index contributed by atoms with van der Waals surface area (Å²) in [6.45, 7) is 10.1. The van der Waals surface area contributed by atoms with Gasteiger partial charge < -0.3 is 15.4 Å². The van der Waals surface area contributed by atoms with Crippen LogP contribution in [-0.4, -0.2) is 36.3 Å². The molecule has 1 unspecified atom stereocenters. The van der Waals surface area contributed by atoms with Gasteiger partial charge in [0.1, 0.15) is 18.0 Å². The van der Waals surface area contributed by atoms with E-state index in [0.29, 0.717) is 12.5 Å². The average Bonchev–Trinajstić information content (AvgIpc) is 2.38. The van der Waals surface area contributed by atoms with Crippen LogP contribution >= 0.6 is 0 Å². The molecule has 0 aromatic carbocycles. The van der Waals surface area contributed by atoms with Gasteiger partial charge in [-0.2, -0.15) is 0 Å². The first-order valence-electron chi connectivity index (χ1n) is 6.91. The van der Waals surface area contributed by atoms with Gasteiger partial charge in [-0.15, -0.1) is 0 Å². The lowest BCUT2D eigenvalue weighted by Crippen LogP contribution is -2.31. The second kappa shape index (κ2) is 7.94. The number of nitrogens with zero attached hydrogens (tertiary/aromatic N) is 2. The maximum atomic E-state index is 5.25. The van der Waals surface area contributed by atoms with Gasteiger partial charge in [-0.3, -0.25) is 0 Å². The molecule has 0 saturated carbocycles. The van der Waals surface area contributed by atoms with E-state index in [9.17, 15) is 0 Å². The van der Waals surface area contributed by atoms with Crippen molar-refractivity contribution in [3.63, 3.8) is 0 Å². The van der Waals surface area contributed by atoms with Gasteiger partial charge in [0.15, 0.2) is 0 Å². The summed E-state index contributed by atoms with van der Waals surface area (Å²) in [6, 6.07) is 0.248. The van der Waals surface area contributed by atoms with Gasteiger partial charge in [0, 0.05) is 19.2 Å². The zero-order valence-electron chi connectivity index (χ0n) is 12.7. The van der Waals surface area contributed by atoms with Crippen molar-refractivity contribution in [2.24, 2.45) is 5.92 Å². The van der Waals surface area contributed by atoms with Crippen molar-refractivity contribution >= 4 is 11.6 Å². The number of ether oxygens (including phenoxy) is 1. The fourth-order valence-electron chi connectivity index (χ4n) is 1.77. The monoisotopic (exact) mass is 266 g/mol. The average molecular weight is 266 g/mol. The maximum absolute atomic E-state index is 5.25. The minimum Gasteiger partial charge on any atom is -0.383 e. The second-order valence-corrected chi connectivity index (χ2v) is 5.07. The van der Waals surface area contributed by atoms with Crippen LogP contribution in [0.5, 0.6) is 0 Å². The number of hydrogen-bond donors (Lipinski definition) is 2. The van der Waals surface area contributed by atoms with Crippen molar-refractivity contribution in [2.75, 3.05) is 30.9 Å². The van der Waals surface area contributed by atoms with Gasteiger partial charge in [0.2, 0.25) is 0 Å². The van der Waals surface area contributed by atoms with E-state index < -0.39 is 0 Å². The van der Waals surface area contributed by atoms with Crippen LogP contribution in [0.3, 0.4) is 0 Å². The zero-order valence-corrected chi connectivity index (χ0v) is 12.7. The molecule has 1 heterocycles. The predicted molar refractivity (Wildman–Crippen MR) is 79.7 cm³/mol. The van der Waals surface area contributed by atoms with Gasteiger partial charge in [-0.05, 0) is 19.3 Å². The summed E-state index contributed by atoms with van der Waals surface area (Å²) in [5, 5.41) is 6.76. The fraction of sp³-hybridized carbons (Fsp3) is 0.714. The van der Waals surface area contributed by atoms with E-state index in [1.807, 2.05) is 6.92 Å². The van der Waals surface area contributed by atoms with E-state index in [0.717, 1.165) is 30.2 Å². The molecule has 2 N–H and O–H groups in total. The Kier molecular flexibility index (Phi) is 6.56. The van der Waals surface area contributed by atoms with Crippen LogP contribution in [0.1, 0.15) is 32.8 Å². The normalized spacial score (nSPS) is 12.5. The third-order valence-corrected chi connectivity index (χ3v) is 3.10. The number of methoxy groups -OCH3 is 1. The zero-order chi connectivity index (χ0) is 14.3.